The fraction of sp³-hybridized carbons (Fsp3) is 0.682. The summed E-state index contributed by atoms with van der Waals surface area (Å²) in [6.45, 7) is 3.13. The summed E-state index contributed by atoms with van der Waals surface area (Å²) < 4.78 is 23.1. The van der Waals surface area contributed by atoms with Crippen molar-refractivity contribution in [3.63, 3.8) is 0 Å². The highest BCUT2D eigenvalue weighted by Gasteiger charge is 2.48. The number of hydrogen-bond donors (Lipinski definition) is 3. The molecular formula is C22H29ClN4O6. The van der Waals surface area contributed by atoms with E-state index in [1.807, 2.05) is 6.07 Å². The number of aliphatic hydroxyl groups is 1. The van der Waals surface area contributed by atoms with E-state index in [-0.39, 0.29) is 42.8 Å². The van der Waals surface area contributed by atoms with Gasteiger partial charge in [0, 0.05) is 19.4 Å². The summed E-state index contributed by atoms with van der Waals surface area (Å²) in [7, 11) is 0. The van der Waals surface area contributed by atoms with Crippen LogP contribution in [0.15, 0.2) is 6.07 Å². The van der Waals surface area contributed by atoms with Crippen LogP contribution in [0.3, 0.4) is 0 Å². The average molecular weight is 481 g/mol. The zero-order valence-electron chi connectivity index (χ0n) is 18.5. The molecule has 4 heterocycles. The smallest absolute Gasteiger partial charge is 0.296 e. The Morgan fingerprint density at radius 2 is 2.03 bits per heavy atom. The van der Waals surface area contributed by atoms with Crippen LogP contribution in [-0.4, -0.2) is 82.9 Å². The minimum absolute atomic E-state index is 0.0446. The van der Waals surface area contributed by atoms with E-state index in [1.165, 1.54) is 6.92 Å². The van der Waals surface area contributed by atoms with E-state index < -0.39 is 6.10 Å². The molecule has 2 aromatic rings. The zero-order valence-corrected chi connectivity index (χ0v) is 19.2. The number of rotatable bonds is 7. The van der Waals surface area contributed by atoms with Crippen molar-refractivity contribution in [2.24, 2.45) is 0 Å². The second kappa shape index (κ2) is 9.71. The molecule has 0 radical (unpaired) electrons. The van der Waals surface area contributed by atoms with Gasteiger partial charge in [-0.2, -0.15) is 4.98 Å². The summed E-state index contributed by atoms with van der Waals surface area (Å²) in [4.78, 5) is 23.3. The minimum atomic E-state index is -0.625. The Bertz CT molecular complexity index is 995. The van der Waals surface area contributed by atoms with Gasteiger partial charge in [-0.1, -0.05) is 11.6 Å². The maximum absolute atomic E-state index is 10.9. The third-order valence-electron chi connectivity index (χ3n) is 6.57. The fourth-order valence-electron chi connectivity index (χ4n) is 4.90. The van der Waals surface area contributed by atoms with Gasteiger partial charge in [-0.25, -0.2) is 4.98 Å². The molecule has 1 saturated carbocycles. The lowest BCUT2D eigenvalue weighted by atomic mass is 9.85. The number of aromatic amines is 1. The van der Waals surface area contributed by atoms with Crippen LogP contribution in [-0.2, 0) is 19.0 Å². The number of carbonyl (C=O) groups excluding carboxylic acids is 1. The van der Waals surface area contributed by atoms with E-state index in [0.717, 1.165) is 31.4 Å². The van der Waals surface area contributed by atoms with Crippen molar-refractivity contribution in [1.82, 2.24) is 20.3 Å². The summed E-state index contributed by atoms with van der Waals surface area (Å²) in [5.41, 5.74) is 2.11. The lowest BCUT2D eigenvalue weighted by Gasteiger charge is -2.28. The molecule has 10 nitrogen and oxygen atoms in total. The zero-order chi connectivity index (χ0) is 22.9. The highest BCUT2D eigenvalue weighted by Crippen LogP contribution is 2.37. The number of halogens is 1. The predicted molar refractivity (Wildman–Crippen MR) is 118 cm³/mol. The number of nitrogens with zero attached hydrogens (tertiary/aromatic N) is 2. The standard InChI is InChI=1S/C22H29ClN4O6/c1-11(28)24-6-7-30-13-4-2-12(3-5-13)18-14(23)8-15-21(26-18)27-22(25-15)33-17-10-32-19-16(29)9-31-20(17)19/h8,12-13,16-17,19-20,29H,2-7,9-10H2,1H3,(H,24,28)(H,25,26,27)/t12?,13?,16-,17-,19-,20-/m1/s1. The molecule has 33 heavy (non-hydrogen) atoms. The first kappa shape index (κ1) is 22.8. The van der Waals surface area contributed by atoms with Gasteiger partial charge in [0.2, 0.25) is 5.91 Å². The van der Waals surface area contributed by atoms with Crippen molar-refractivity contribution in [3.05, 3.63) is 16.8 Å². The Labute approximate surface area is 196 Å². The van der Waals surface area contributed by atoms with Gasteiger partial charge in [0.1, 0.15) is 18.3 Å². The van der Waals surface area contributed by atoms with Gasteiger partial charge in [-0.15, -0.1) is 0 Å². The Morgan fingerprint density at radius 3 is 2.82 bits per heavy atom. The van der Waals surface area contributed by atoms with Gasteiger partial charge in [-0.05, 0) is 31.7 Å². The number of amides is 1. The molecular weight excluding hydrogens is 452 g/mol. The molecule has 2 saturated heterocycles. The van der Waals surface area contributed by atoms with Crippen LogP contribution in [0.4, 0.5) is 0 Å². The van der Waals surface area contributed by atoms with Crippen molar-refractivity contribution in [3.8, 4) is 6.01 Å². The number of fused-ring (bicyclic) bond motifs is 2. The van der Waals surface area contributed by atoms with E-state index in [1.54, 1.807) is 0 Å². The number of H-pyrrole nitrogens is 1. The topological polar surface area (TPSA) is 128 Å². The molecule has 2 aliphatic heterocycles. The first-order chi connectivity index (χ1) is 16.0. The molecule has 4 atom stereocenters. The van der Waals surface area contributed by atoms with Crippen molar-refractivity contribution < 1.29 is 28.8 Å². The van der Waals surface area contributed by atoms with Gasteiger partial charge in [0.25, 0.3) is 6.01 Å². The third kappa shape index (κ3) is 4.95. The SMILES string of the molecule is CC(=O)NCCOC1CCC(c2nc3nc(O[C@@H]4CO[C@H]5[C@@H]4OC[C@H]5O)[nH]c3cc2Cl)CC1. The first-order valence-electron chi connectivity index (χ1n) is 11.5. The van der Waals surface area contributed by atoms with E-state index in [4.69, 9.17) is 35.5 Å². The molecule has 0 spiro atoms. The highest BCUT2D eigenvalue weighted by molar-refractivity contribution is 6.31. The Morgan fingerprint density at radius 1 is 1.24 bits per heavy atom. The van der Waals surface area contributed by atoms with Crippen LogP contribution in [0.2, 0.25) is 5.02 Å². The Balaban J connectivity index is 1.20. The first-order valence-corrected chi connectivity index (χ1v) is 11.9. The molecule has 3 aliphatic rings. The van der Waals surface area contributed by atoms with Crippen LogP contribution < -0.4 is 10.1 Å². The number of ether oxygens (including phenoxy) is 4. The van der Waals surface area contributed by atoms with Gasteiger partial charge < -0.3 is 34.4 Å². The summed E-state index contributed by atoms with van der Waals surface area (Å²) in [5, 5.41) is 13.3. The van der Waals surface area contributed by atoms with Gasteiger partial charge >= 0.3 is 0 Å². The Hall–Kier alpha value is -1.98. The molecule has 3 fully saturated rings. The average Bonchev–Trinajstić information content (AvgIpc) is 3.48. The lowest BCUT2D eigenvalue weighted by Crippen LogP contribution is -2.34. The molecule has 2 aromatic heterocycles. The molecule has 1 amide bonds. The number of nitrogens with one attached hydrogen (secondary N) is 2. The summed E-state index contributed by atoms with van der Waals surface area (Å²) in [6, 6.07) is 2.18. The second-order valence-corrected chi connectivity index (χ2v) is 9.32. The van der Waals surface area contributed by atoms with Crippen molar-refractivity contribution in [2.45, 2.75) is 69.0 Å². The van der Waals surface area contributed by atoms with Gasteiger partial charge in [-0.3, -0.25) is 4.79 Å². The number of aliphatic hydroxyl groups excluding tert-OH is 1. The second-order valence-electron chi connectivity index (χ2n) is 8.92. The van der Waals surface area contributed by atoms with Crippen LogP contribution in [0.25, 0.3) is 11.2 Å². The summed E-state index contributed by atoms with van der Waals surface area (Å²) >= 11 is 6.58. The maximum Gasteiger partial charge on any atom is 0.296 e. The largest absolute Gasteiger partial charge is 0.456 e. The number of pyridine rings is 1. The predicted octanol–water partition coefficient (Wildman–Crippen LogP) is 1.70. The molecule has 5 rings (SSSR count). The molecule has 3 N–H and O–H groups in total. The number of carbonyl (C=O) groups is 1. The fourth-order valence-corrected chi connectivity index (χ4v) is 5.20. The normalized spacial score (nSPS) is 31.6. The molecule has 0 bridgehead atoms. The third-order valence-corrected chi connectivity index (χ3v) is 6.87. The Kier molecular flexibility index (Phi) is 6.71. The lowest BCUT2D eigenvalue weighted by molar-refractivity contribution is -0.119. The van der Waals surface area contributed by atoms with Crippen LogP contribution >= 0.6 is 11.6 Å². The van der Waals surface area contributed by atoms with Crippen LogP contribution in [0.1, 0.15) is 44.2 Å². The van der Waals surface area contributed by atoms with Crippen molar-refractivity contribution in [1.29, 1.82) is 0 Å². The van der Waals surface area contributed by atoms with E-state index in [9.17, 15) is 9.90 Å². The number of imidazole rings is 1. The van der Waals surface area contributed by atoms with Gasteiger partial charge in [0.05, 0.1) is 42.2 Å². The molecule has 180 valence electrons. The molecule has 1 aliphatic carbocycles. The van der Waals surface area contributed by atoms with E-state index >= 15 is 0 Å². The summed E-state index contributed by atoms with van der Waals surface area (Å²) in [5.74, 6) is 0.201. The van der Waals surface area contributed by atoms with Crippen LogP contribution in [0, 0.1) is 0 Å². The highest BCUT2D eigenvalue weighted by atomic mass is 35.5. The van der Waals surface area contributed by atoms with Crippen LogP contribution in [0.5, 0.6) is 6.01 Å². The molecule has 11 heteroatoms. The van der Waals surface area contributed by atoms with E-state index in [0.29, 0.717) is 42.0 Å². The number of hydrogen-bond acceptors (Lipinski definition) is 8. The van der Waals surface area contributed by atoms with E-state index in [2.05, 4.69) is 15.3 Å². The molecule has 0 aromatic carbocycles. The van der Waals surface area contributed by atoms with Gasteiger partial charge in [0.15, 0.2) is 11.8 Å². The molecule has 0 unspecified atom stereocenters. The van der Waals surface area contributed by atoms with Crippen molar-refractivity contribution >= 4 is 28.7 Å². The number of aromatic nitrogens is 3. The maximum atomic E-state index is 10.9. The van der Waals surface area contributed by atoms with Crippen molar-refractivity contribution in [2.75, 3.05) is 26.4 Å². The monoisotopic (exact) mass is 480 g/mol. The minimum Gasteiger partial charge on any atom is -0.456 e. The quantitative estimate of drug-likeness (QED) is 0.511. The summed E-state index contributed by atoms with van der Waals surface area (Å²) in [6.07, 6.45) is 2.26.